The van der Waals surface area contributed by atoms with Crippen molar-refractivity contribution in [2.24, 2.45) is 5.92 Å². The van der Waals surface area contributed by atoms with Gasteiger partial charge in [-0.05, 0) is 56.5 Å². The molecule has 3 fully saturated rings. The molecule has 3 atom stereocenters. The molecule has 4 heterocycles. The van der Waals surface area contributed by atoms with Crippen LogP contribution in [0.1, 0.15) is 30.4 Å². The summed E-state index contributed by atoms with van der Waals surface area (Å²) in [6.45, 7) is 5.81. The Balaban J connectivity index is 1.28. The summed E-state index contributed by atoms with van der Waals surface area (Å²) >= 11 is 6.24. The Bertz CT molecular complexity index is 1130. The molecule has 2 aromatic rings. The molecule has 0 unspecified atom stereocenters. The van der Waals surface area contributed by atoms with Crippen LogP contribution in [0.3, 0.4) is 0 Å². The molecule has 6 nitrogen and oxygen atoms in total. The number of carbonyl (C=O) groups is 2. The standard InChI is InChI=1S/C26H29ClN4O2/c1-17-8-9-18(27)15-23(17)29-11-13-30(14-12-29)24(32)21-16-19-5-4-10-31(19)26(21)20-6-2-3-7-22(20)28-25(26)33/h2-3,6-9,15,19,21H,4-5,10-14,16H2,1H3,(H,28,33)/t19-,21-,26-/m0/s1. The molecule has 0 aliphatic carbocycles. The molecule has 4 aliphatic rings. The third-order valence-electron chi connectivity index (χ3n) is 8.18. The van der Waals surface area contributed by atoms with Gasteiger partial charge in [-0.2, -0.15) is 0 Å². The Morgan fingerprint density at radius 2 is 1.88 bits per heavy atom. The fourth-order valence-corrected chi connectivity index (χ4v) is 6.84. The van der Waals surface area contributed by atoms with Crippen molar-refractivity contribution in [3.8, 4) is 0 Å². The van der Waals surface area contributed by atoms with Gasteiger partial charge in [0, 0.05) is 54.2 Å². The third-order valence-corrected chi connectivity index (χ3v) is 8.41. The number of rotatable bonds is 2. The van der Waals surface area contributed by atoms with E-state index in [1.165, 1.54) is 5.56 Å². The van der Waals surface area contributed by atoms with E-state index in [0.29, 0.717) is 19.1 Å². The van der Waals surface area contributed by atoms with Crippen LogP contribution in [0.4, 0.5) is 11.4 Å². The highest BCUT2D eigenvalue weighted by atomic mass is 35.5. The van der Waals surface area contributed by atoms with Crippen molar-refractivity contribution in [1.82, 2.24) is 9.80 Å². The van der Waals surface area contributed by atoms with Crippen molar-refractivity contribution in [1.29, 1.82) is 0 Å². The monoisotopic (exact) mass is 464 g/mol. The molecule has 1 spiro atoms. The molecule has 0 aromatic heterocycles. The van der Waals surface area contributed by atoms with Gasteiger partial charge in [-0.3, -0.25) is 14.5 Å². The van der Waals surface area contributed by atoms with Crippen LogP contribution in [0.15, 0.2) is 42.5 Å². The van der Waals surface area contributed by atoms with Crippen LogP contribution in [0.2, 0.25) is 5.02 Å². The molecule has 2 amide bonds. The van der Waals surface area contributed by atoms with E-state index in [9.17, 15) is 9.59 Å². The predicted octanol–water partition coefficient (Wildman–Crippen LogP) is 3.63. The minimum Gasteiger partial charge on any atom is -0.368 e. The van der Waals surface area contributed by atoms with Gasteiger partial charge >= 0.3 is 0 Å². The summed E-state index contributed by atoms with van der Waals surface area (Å²) in [4.78, 5) is 34.2. The molecule has 4 aliphatic heterocycles. The molecule has 7 heteroatoms. The summed E-state index contributed by atoms with van der Waals surface area (Å²) < 4.78 is 0. The molecule has 0 bridgehead atoms. The number of nitrogens with one attached hydrogen (secondary N) is 1. The molecule has 0 radical (unpaired) electrons. The largest absolute Gasteiger partial charge is 0.368 e. The molecule has 1 N–H and O–H groups in total. The summed E-state index contributed by atoms with van der Waals surface area (Å²) in [5.41, 5.74) is 3.29. The molecule has 3 saturated heterocycles. The number of benzene rings is 2. The highest BCUT2D eigenvalue weighted by Crippen LogP contribution is 2.55. The van der Waals surface area contributed by atoms with E-state index in [-0.39, 0.29) is 17.7 Å². The van der Waals surface area contributed by atoms with Crippen molar-refractivity contribution in [2.45, 2.75) is 37.8 Å². The SMILES string of the molecule is Cc1ccc(Cl)cc1N1CCN(C(=O)[C@@H]2C[C@@H]3CCCN3[C@]23C(=O)Nc2ccccc23)CC1. The van der Waals surface area contributed by atoms with Crippen LogP contribution in [-0.4, -0.2) is 60.4 Å². The Morgan fingerprint density at radius 3 is 2.70 bits per heavy atom. The van der Waals surface area contributed by atoms with E-state index in [4.69, 9.17) is 11.6 Å². The number of nitrogens with zero attached hydrogens (tertiary/aromatic N) is 3. The summed E-state index contributed by atoms with van der Waals surface area (Å²) in [7, 11) is 0. The molecule has 0 saturated carbocycles. The Hall–Kier alpha value is -2.57. The first kappa shape index (κ1) is 21.0. The first-order valence-electron chi connectivity index (χ1n) is 12.0. The normalized spacial score (nSPS) is 28.8. The fraction of sp³-hybridized carbons (Fsp3) is 0.462. The first-order chi connectivity index (χ1) is 16.0. The second kappa shape index (κ2) is 7.74. The molecule has 2 aromatic carbocycles. The van der Waals surface area contributed by atoms with E-state index in [0.717, 1.165) is 60.9 Å². The van der Waals surface area contributed by atoms with E-state index in [1.807, 2.05) is 47.4 Å². The van der Waals surface area contributed by atoms with Crippen molar-refractivity contribution < 1.29 is 9.59 Å². The maximum absolute atomic E-state index is 14.0. The zero-order valence-corrected chi connectivity index (χ0v) is 19.6. The number of para-hydroxylation sites is 1. The Morgan fingerprint density at radius 1 is 1.09 bits per heavy atom. The number of piperazine rings is 1. The third kappa shape index (κ3) is 3.03. The number of hydrogen-bond donors (Lipinski definition) is 1. The first-order valence-corrected chi connectivity index (χ1v) is 12.4. The summed E-state index contributed by atoms with van der Waals surface area (Å²) in [6, 6.07) is 14.2. The van der Waals surface area contributed by atoms with Gasteiger partial charge < -0.3 is 15.1 Å². The van der Waals surface area contributed by atoms with Gasteiger partial charge in [0.15, 0.2) is 0 Å². The quantitative estimate of drug-likeness (QED) is 0.737. The average molecular weight is 465 g/mol. The van der Waals surface area contributed by atoms with Crippen LogP contribution < -0.4 is 10.2 Å². The maximum Gasteiger partial charge on any atom is 0.250 e. The molecule has 172 valence electrons. The number of aryl methyl sites for hydroxylation is 1. The van der Waals surface area contributed by atoms with Gasteiger partial charge in [-0.15, -0.1) is 0 Å². The Labute approximate surface area is 199 Å². The molecule has 33 heavy (non-hydrogen) atoms. The predicted molar refractivity (Wildman–Crippen MR) is 130 cm³/mol. The van der Waals surface area contributed by atoms with Gasteiger partial charge in [0.2, 0.25) is 11.8 Å². The van der Waals surface area contributed by atoms with Crippen LogP contribution in [0.5, 0.6) is 0 Å². The Kier molecular flexibility index (Phi) is 4.93. The molecular weight excluding hydrogens is 436 g/mol. The highest BCUT2D eigenvalue weighted by molar-refractivity contribution is 6.30. The van der Waals surface area contributed by atoms with Crippen LogP contribution >= 0.6 is 11.6 Å². The van der Waals surface area contributed by atoms with Gasteiger partial charge in [-0.25, -0.2) is 0 Å². The molecular formula is C26H29ClN4O2. The number of hydrogen-bond acceptors (Lipinski definition) is 4. The lowest BCUT2D eigenvalue weighted by Gasteiger charge is -2.41. The fourth-order valence-electron chi connectivity index (χ4n) is 6.67. The van der Waals surface area contributed by atoms with Crippen LogP contribution in [-0.2, 0) is 15.1 Å². The van der Waals surface area contributed by atoms with Gasteiger partial charge in [0.25, 0.3) is 0 Å². The molecule has 6 rings (SSSR count). The summed E-state index contributed by atoms with van der Waals surface area (Å²) in [5, 5.41) is 3.83. The smallest absolute Gasteiger partial charge is 0.250 e. The van der Waals surface area contributed by atoms with E-state index in [2.05, 4.69) is 22.0 Å². The van der Waals surface area contributed by atoms with E-state index >= 15 is 0 Å². The number of carbonyl (C=O) groups excluding carboxylic acids is 2. The zero-order chi connectivity index (χ0) is 22.7. The number of anilines is 2. The van der Waals surface area contributed by atoms with Gasteiger partial charge in [0.05, 0.1) is 5.92 Å². The van der Waals surface area contributed by atoms with E-state index < -0.39 is 5.54 Å². The topological polar surface area (TPSA) is 55.9 Å². The highest BCUT2D eigenvalue weighted by Gasteiger charge is 2.65. The van der Waals surface area contributed by atoms with Crippen LogP contribution in [0.25, 0.3) is 0 Å². The lowest BCUT2D eigenvalue weighted by molar-refractivity contribution is -0.144. The summed E-state index contributed by atoms with van der Waals surface area (Å²) in [6.07, 6.45) is 2.90. The van der Waals surface area contributed by atoms with Crippen molar-refractivity contribution in [3.05, 3.63) is 58.6 Å². The number of amides is 2. The summed E-state index contributed by atoms with van der Waals surface area (Å²) in [5.74, 6) is -0.246. The second-order valence-electron chi connectivity index (χ2n) is 9.79. The average Bonchev–Trinajstić information content (AvgIpc) is 3.49. The lowest BCUT2D eigenvalue weighted by Crippen LogP contribution is -2.57. The number of halogens is 1. The van der Waals surface area contributed by atoms with Crippen molar-refractivity contribution >= 4 is 34.8 Å². The number of fused-ring (bicyclic) bond motifs is 4. The van der Waals surface area contributed by atoms with Crippen molar-refractivity contribution in [2.75, 3.05) is 42.9 Å². The lowest BCUT2D eigenvalue weighted by atomic mass is 9.78. The van der Waals surface area contributed by atoms with Crippen molar-refractivity contribution in [3.63, 3.8) is 0 Å². The van der Waals surface area contributed by atoms with Crippen LogP contribution in [0, 0.1) is 12.8 Å². The zero-order valence-electron chi connectivity index (χ0n) is 18.9. The second-order valence-corrected chi connectivity index (χ2v) is 10.2. The minimum absolute atomic E-state index is 0.0281. The van der Waals surface area contributed by atoms with Gasteiger partial charge in [0.1, 0.15) is 5.54 Å². The minimum atomic E-state index is -0.866. The van der Waals surface area contributed by atoms with E-state index in [1.54, 1.807) is 0 Å². The maximum atomic E-state index is 14.0. The van der Waals surface area contributed by atoms with Gasteiger partial charge in [-0.1, -0.05) is 35.9 Å².